The van der Waals surface area contributed by atoms with E-state index < -0.39 is 0 Å². The molecule has 0 bridgehead atoms. The van der Waals surface area contributed by atoms with E-state index in [1.165, 1.54) is 21.6 Å². The van der Waals surface area contributed by atoms with Gasteiger partial charge in [-0.2, -0.15) is 0 Å². The molecule has 1 aromatic heterocycles. The number of fused-ring (bicyclic) bond motifs is 1. The molecule has 1 N–H and O–H groups in total. The summed E-state index contributed by atoms with van der Waals surface area (Å²) in [5, 5.41) is 5.75. The van der Waals surface area contributed by atoms with E-state index >= 15 is 0 Å². The second-order valence-electron chi connectivity index (χ2n) is 6.68. The minimum Gasteiger partial charge on any atom is -0.496 e. The minimum atomic E-state index is 0.250. The van der Waals surface area contributed by atoms with Crippen molar-refractivity contribution in [2.24, 2.45) is 0 Å². The molecule has 0 spiro atoms. The van der Waals surface area contributed by atoms with Crippen molar-refractivity contribution in [2.45, 2.75) is 32.5 Å². The van der Waals surface area contributed by atoms with E-state index in [0.717, 1.165) is 36.6 Å². The monoisotopic (exact) mass is 365 g/mol. The molecule has 4 rings (SSSR count). The van der Waals surface area contributed by atoms with E-state index in [-0.39, 0.29) is 6.10 Å². The van der Waals surface area contributed by atoms with Crippen LogP contribution in [-0.4, -0.2) is 13.2 Å². The second-order valence-corrected chi connectivity index (χ2v) is 7.67. The van der Waals surface area contributed by atoms with Crippen molar-refractivity contribution in [3.8, 4) is 22.6 Å². The van der Waals surface area contributed by atoms with Crippen molar-refractivity contribution in [2.75, 3.05) is 7.11 Å². The van der Waals surface area contributed by atoms with Gasteiger partial charge >= 0.3 is 0 Å². The summed E-state index contributed by atoms with van der Waals surface area (Å²) in [6.45, 7) is 3.70. The summed E-state index contributed by atoms with van der Waals surface area (Å²) >= 11 is 1.79. The number of benzene rings is 2. The summed E-state index contributed by atoms with van der Waals surface area (Å²) in [6, 6.07) is 17.0. The lowest BCUT2D eigenvalue weighted by Gasteiger charge is -2.11. The highest BCUT2D eigenvalue weighted by Gasteiger charge is 2.21. The maximum absolute atomic E-state index is 5.88. The van der Waals surface area contributed by atoms with E-state index in [2.05, 4.69) is 60.1 Å². The molecule has 0 fully saturated rings. The molecule has 1 aliphatic heterocycles. The third kappa shape index (κ3) is 3.62. The summed E-state index contributed by atoms with van der Waals surface area (Å²) in [5.74, 6) is 1.93. The van der Waals surface area contributed by atoms with Crippen molar-refractivity contribution in [3.05, 3.63) is 69.9 Å². The first-order valence-electron chi connectivity index (χ1n) is 8.93. The van der Waals surface area contributed by atoms with Gasteiger partial charge in [0.25, 0.3) is 0 Å². The van der Waals surface area contributed by atoms with Gasteiger partial charge in [-0.15, -0.1) is 11.3 Å². The molecule has 1 aliphatic rings. The molecule has 0 saturated carbocycles. The lowest BCUT2D eigenvalue weighted by Crippen LogP contribution is -2.12. The molecule has 3 aromatic rings. The van der Waals surface area contributed by atoms with Crippen LogP contribution >= 0.6 is 11.3 Å². The number of methoxy groups -OCH3 is 1. The van der Waals surface area contributed by atoms with Gasteiger partial charge in [-0.25, -0.2) is 0 Å². The van der Waals surface area contributed by atoms with Crippen molar-refractivity contribution < 1.29 is 9.47 Å². The molecule has 134 valence electrons. The molecule has 0 saturated heterocycles. The number of hydrogen-bond acceptors (Lipinski definition) is 4. The summed E-state index contributed by atoms with van der Waals surface area (Å²) in [4.78, 5) is 1.33. The molecule has 4 heteroatoms. The lowest BCUT2D eigenvalue weighted by atomic mass is 10.1. The van der Waals surface area contributed by atoms with Gasteiger partial charge < -0.3 is 14.8 Å². The van der Waals surface area contributed by atoms with E-state index in [0.29, 0.717) is 0 Å². The molecule has 1 unspecified atom stereocenters. The van der Waals surface area contributed by atoms with Crippen LogP contribution in [0, 0.1) is 0 Å². The zero-order valence-corrected chi connectivity index (χ0v) is 15.9. The van der Waals surface area contributed by atoms with Gasteiger partial charge in [0.05, 0.1) is 7.11 Å². The van der Waals surface area contributed by atoms with Crippen LogP contribution in [0.4, 0.5) is 0 Å². The third-order valence-electron chi connectivity index (χ3n) is 4.67. The van der Waals surface area contributed by atoms with E-state index in [1.54, 1.807) is 18.4 Å². The third-order valence-corrected chi connectivity index (χ3v) is 5.61. The fourth-order valence-corrected chi connectivity index (χ4v) is 4.25. The van der Waals surface area contributed by atoms with Gasteiger partial charge in [0.2, 0.25) is 0 Å². The first kappa shape index (κ1) is 17.1. The summed E-state index contributed by atoms with van der Waals surface area (Å²) in [5.41, 5.74) is 4.93. The number of thiophene rings is 1. The van der Waals surface area contributed by atoms with Gasteiger partial charge in [-0.1, -0.05) is 30.3 Å². The maximum Gasteiger partial charge on any atom is 0.123 e. The maximum atomic E-state index is 5.88. The summed E-state index contributed by atoms with van der Waals surface area (Å²) < 4.78 is 11.5. The molecule has 0 aliphatic carbocycles. The van der Waals surface area contributed by atoms with Crippen molar-refractivity contribution in [3.63, 3.8) is 0 Å². The SMILES string of the molecule is COc1cc2c(cc1CNCc1cc(-c3ccccc3)cs1)OC(C)C2. The van der Waals surface area contributed by atoms with Crippen LogP contribution in [0.25, 0.3) is 11.1 Å². The summed E-state index contributed by atoms with van der Waals surface area (Å²) in [6.07, 6.45) is 1.21. The van der Waals surface area contributed by atoms with E-state index in [1.807, 2.05) is 6.07 Å². The van der Waals surface area contributed by atoms with Crippen LogP contribution in [0.2, 0.25) is 0 Å². The van der Waals surface area contributed by atoms with Gasteiger partial charge in [0.1, 0.15) is 17.6 Å². The fraction of sp³-hybridized carbons (Fsp3) is 0.273. The molecule has 2 aromatic carbocycles. The Balaban J connectivity index is 1.41. The van der Waals surface area contributed by atoms with Crippen LogP contribution in [0.5, 0.6) is 11.5 Å². The average Bonchev–Trinajstić information content (AvgIpc) is 3.27. The Morgan fingerprint density at radius 1 is 1.12 bits per heavy atom. The molecule has 26 heavy (non-hydrogen) atoms. The number of nitrogens with one attached hydrogen (secondary N) is 1. The van der Waals surface area contributed by atoms with Crippen LogP contribution < -0.4 is 14.8 Å². The highest BCUT2D eigenvalue weighted by atomic mass is 32.1. The minimum absolute atomic E-state index is 0.250. The Bertz CT molecular complexity index is 888. The predicted octanol–water partition coefficient (Wildman–Crippen LogP) is 5.04. The average molecular weight is 365 g/mol. The quantitative estimate of drug-likeness (QED) is 0.664. The molecule has 3 nitrogen and oxygen atoms in total. The Morgan fingerprint density at radius 3 is 2.77 bits per heavy atom. The Kier molecular flexibility index (Phi) is 4.96. The van der Waals surface area contributed by atoms with Gasteiger partial charge in [-0.3, -0.25) is 0 Å². The normalized spacial score (nSPS) is 15.5. The molecular formula is C22H23NO2S. The first-order valence-corrected chi connectivity index (χ1v) is 9.81. The van der Waals surface area contributed by atoms with Gasteiger partial charge in [-0.05, 0) is 41.6 Å². The second kappa shape index (κ2) is 7.52. The Morgan fingerprint density at radius 2 is 1.96 bits per heavy atom. The first-order chi connectivity index (χ1) is 12.7. The number of rotatable bonds is 6. The van der Waals surface area contributed by atoms with Crippen LogP contribution in [0.1, 0.15) is 22.9 Å². The highest BCUT2D eigenvalue weighted by molar-refractivity contribution is 7.10. The zero-order chi connectivity index (χ0) is 17.9. The molecule has 1 atom stereocenters. The topological polar surface area (TPSA) is 30.5 Å². The zero-order valence-electron chi connectivity index (χ0n) is 15.1. The Labute approximate surface area is 158 Å². The van der Waals surface area contributed by atoms with Crippen LogP contribution in [0.3, 0.4) is 0 Å². The number of ether oxygens (including phenoxy) is 2. The molecule has 0 amide bonds. The van der Waals surface area contributed by atoms with Crippen molar-refractivity contribution >= 4 is 11.3 Å². The predicted molar refractivity (Wildman–Crippen MR) is 107 cm³/mol. The van der Waals surface area contributed by atoms with E-state index in [4.69, 9.17) is 9.47 Å². The van der Waals surface area contributed by atoms with Crippen LogP contribution in [0.15, 0.2) is 53.9 Å². The van der Waals surface area contributed by atoms with Crippen molar-refractivity contribution in [1.82, 2.24) is 5.32 Å². The smallest absolute Gasteiger partial charge is 0.123 e. The molecule has 2 heterocycles. The molecular weight excluding hydrogens is 342 g/mol. The Hall–Kier alpha value is -2.30. The van der Waals surface area contributed by atoms with Crippen molar-refractivity contribution in [1.29, 1.82) is 0 Å². The highest BCUT2D eigenvalue weighted by Crippen LogP contribution is 2.35. The van der Waals surface area contributed by atoms with Gasteiger partial charge in [0.15, 0.2) is 0 Å². The fourth-order valence-electron chi connectivity index (χ4n) is 3.39. The largest absolute Gasteiger partial charge is 0.496 e. The summed E-state index contributed by atoms with van der Waals surface area (Å²) in [7, 11) is 1.73. The lowest BCUT2D eigenvalue weighted by molar-refractivity contribution is 0.254. The molecule has 0 radical (unpaired) electrons. The van der Waals surface area contributed by atoms with E-state index in [9.17, 15) is 0 Å². The standard InChI is InChI=1S/C22H23NO2S/c1-15-8-17-10-21(24-2)18(11-22(17)25-15)12-23-13-20-9-19(14-26-20)16-6-4-3-5-7-16/h3-7,9-11,14-15,23H,8,12-13H2,1-2H3. The van der Waals surface area contributed by atoms with Crippen LogP contribution in [-0.2, 0) is 19.5 Å². The number of hydrogen-bond donors (Lipinski definition) is 1. The van der Waals surface area contributed by atoms with Gasteiger partial charge in [0, 0.05) is 35.5 Å².